The Balaban J connectivity index is 1.77. The zero-order valence-electron chi connectivity index (χ0n) is 14.2. The van der Waals surface area contributed by atoms with Gasteiger partial charge in [0.05, 0.1) is 11.2 Å². The van der Waals surface area contributed by atoms with Crippen LogP contribution in [0.1, 0.15) is 40.5 Å². The molecule has 23 heavy (non-hydrogen) atoms. The number of hydrogen-bond donors (Lipinski definition) is 1. The first-order chi connectivity index (χ1) is 10.7. The first kappa shape index (κ1) is 16.3. The smallest absolute Gasteiger partial charge is 0.480 e. The van der Waals surface area contributed by atoms with Crippen LogP contribution in [0.3, 0.4) is 0 Å². The maximum atomic E-state index is 11.5. The van der Waals surface area contributed by atoms with Crippen molar-refractivity contribution in [3.8, 4) is 5.75 Å². The van der Waals surface area contributed by atoms with Crippen LogP contribution < -0.4 is 15.9 Å². The van der Waals surface area contributed by atoms with Gasteiger partial charge in [-0.2, -0.15) is 0 Å². The van der Waals surface area contributed by atoms with Crippen molar-refractivity contribution in [2.24, 2.45) is 11.7 Å². The number of hydrogen-bond acceptors (Lipinski definition) is 4. The van der Waals surface area contributed by atoms with E-state index in [0.717, 1.165) is 18.3 Å². The molecular weight excluding hydrogens is 293 g/mol. The average molecular weight is 317 g/mol. The first-order valence-corrected chi connectivity index (χ1v) is 8.11. The van der Waals surface area contributed by atoms with Gasteiger partial charge in [0, 0.05) is 5.92 Å². The number of carbonyl (C=O) groups excluding carboxylic acids is 1. The zero-order valence-corrected chi connectivity index (χ0v) is 14.2. The molecule has 5 nitrogen and oxygen atoms in total. The largest absolute Gasteiger partial charge is 0.494 e. The third-order valence-electron chi connectivity index (χ3n) is 4.98. The Kier molecular flexibility index (Phi) is 3.93. The highest BCUT2D eigenvalue weighted by atomic mass is 16.7. The molecule has 124 valence electrons. The summed E-state index contributed by atoms with van der Waals surface area (Å²) in [7, 11) is -0.448. The summed E-state index contributed by atoms with van der Waals surface area (Å²) in [6.45, 7) is 8.07. The van der Waals surface area contributed by atoms with Gasteiger partial charge in [-0.3, -0.25) is 4.79 Å². The zero-order chi connectivity index (χ0) is 16.8. The lowest BCUT2D eigenvalue weighted by atomic mass is 9.79. The number of carbonyl (C=O) groups is 1. The van der Waals surface area contributed by atoms with Crippen LogP contribution in [-0.2, 0) is 14.1 Å². The van der Waals surface area contributed by atoms with Crippen molar-refractivity contribution in [3.05, 3.63) is 24.3 Å². The summed E-state index contributed by atoms with van der Waals surface area (Å²) in [4.78, 5) is 11.5. The molecule has 2 N–H and O–H groups in total. The molecule has 1 heterocycles. The Morgan fingerprint density at radius 3 is 2.39 bits per heavy atom. The van der Waals surface area contributed by atoms with Crippen molar-refractivity contribution in [2.45, 2.75) is 57.8 Å². The Morgan fingerprint density at radius 2 is 1.87 bits per heavy atom. The van der Waals surface area contributed by atoms with Crippen LogP contribution >= 0.6 is 0 Å². The normalized spacial score (nSPS) is 23.6. The van der Waals surface area contributed by atoms with Gasteiger partial charge in [0.25, 0.3) is 5.91 Å². The van der Waals surface area contributed by atoms with Gasteiger partial charge in [-0.15, -0.1) is 0 Å². The summed E-state index contributed by atoms with van der Waals surface area (Å²) in [5.41, 5.74) is 5.54. The topological polar surface area (TPSA) is 70.8 Å². The summed E-state index contributed by atoms with van der Waals surface area (Å²) in [6, 6.07) is 7.50. The Hall–Kier alpha value is -1.53. The number of nitrogens with two attached hydrogens (primary N) is 1. The molecule has 1 aromatic carbocycles. The van der Waals surface area contributed by atoms with Gasteiger partial charge in [0.2, 0.25) is 0 Å². The van der Waals surface area contributed by atoms with Crippen molar-refractivity contribution in [1.82, 2.24) is 0 Å². The quantitative estimate of drug-likeness (QED) is 0.838. The van der Waals surface area contributed by atoms with E-state index in [1.807, 2.05) is 52.0 Å². The van der Waals surface area contributed by atoms with Crippen LogP contribution in [0.25, 0.3) is 0 Å². The molecule has 1 saturated carbocycles. The van der Waals surface area contributed by atoms with E-state index in [0.29, 0.717) is 5.75 Å². The Morgan fingerprint density at radius 1 is 1.26 bits per heavy atom. The van der Waals surface area contributed by atoms with Gasteiger partial charge in [0.1, 0.15) is 5.75 Å². The van der Waals surface area contributed by atoms with Crippen molar-refractivity contribution < 1.29 is 18.8 Å². The van der Waals surface area contributed by atoms with Crippen molar-refractivity contribution >= 4 is 18.5 Å². The van der Waals surface area contributed by atoms with Crippen LogP contribution in [0, 0.1) is 5.92 Å². The van der Waals surface area contributed by atoms with Crippen LogP contribution in [0.2, 0.25) is 0 Å². The van der Waals surface area contributed by atoms with Crippen molar-refractivity contribution in [1.29, 1.82) is 0 Å². The van der Waals surface area contributed by atoms with Gasteiger partial charge in [-0.1, -0.05) is 12.1 Å². The molecule has 0 spiro atoms. The summed E-state index contributed by atoms with van der Waals surface area (Å²) in [6.07, 6.45) is 1.43. The lowest BCUT2D eigenvalue weighted by Crippen LogP contribution is -2.41. The van der Waals surface area contributed by atoms with E-state index in [9.17, 15) is 4.79 Å². The number of benzene rings is 1. The van der Waals surface area contributed by atoms with E-state index in [4.69, 9.17) is 19.8 Å². The third kappa shape index (κ3) is 3.24. The molecule has 1 saturated heterocycles. The fraction of sp³-hybridized carbons (Fsp3) is 0.588. The monoisotopic (exact) mass is 317 g/mol. The molecule has 1 unspecified atom stereocenters. The number of primary amides is 1. The third-order valence-corrected chi connectivity index (χ3v) is 4.98. The van der Waals surface area contributed by atoms with Crippen molar-refractivity contribution in [2.75, 3.05) is 0 Å². The van der Waals surface area contributed by atoms with E-state index in [-0.39, 0.29) is 5.92 Å². The standard InChI is InChI=1S/C17H24BNO4/c1-16(2)17(3,4)23-18(22-16)12-6-5-7-13(10-12)21-14(15(19)20)11-8-9-11/h5-7,10-11,14H,8-9H2,1-4H3,(H2,19,20). The van der Waals surface area contributed by atoms with Crippen molar-refractivity contribution in [3.63, 3.8) is 0 Å². The SMILES string of the molecule is CC1(C)OB(c2cccc(OC(C(N)=O)C3CC3)c2)OC1(C)C. The molecule has 2 fully saturated rings. The van der Waals surface area contributed by atoms with Gasteiger partial charge >= 0.3 is 7.12 Å². The summed E-state index contributed by atoms with van der Waals surface area (Å²) in [5, 5.41) is 0. The fourth-order valence-electron chi connectivity index (χ4n) is 2.65. The average Bonchev–Trinajstić information content (AvgIpc) is 3.24. The van der Waals surface area contributed by atoms with E-state index >= 15 is 0 Å². The second-order valence-electron chi connectivity index (χ2n) is 7.44. The summed E-state index contributed by atoms with van der Waals surface area (Å²) < 4.78 is 17.9. The lowest BCUT2D eigenvalue weighted by Gasteiger charge is -2.32. The molecule has 1 atom stereocenters. The van der Waals surface area contributed by atoms with Gasteiger partial charge in [-0.25, -0.2) is 0 Å². The minimum absolute atomic E-state index is 0.244. The fourth-order valence-corrected chi connectivity index (χ4v) is 2.65. The molecule has 1 amide bonds. The maximum absolute atomic E-state index is 11.5. The molecule has 0 aromatic heterocycles. The predicted molar refractivity (Wildman–Crippen MR) is 88.5 cm³/mol. The second-order valence-corrected chi connectivity index (χ2v) is 7.44. The minimum Gasteiger partial charge on any atom is -0.480 e. The molecule has 1 aliphatic carbocycles. The minimum atomic E-state index is -0.552. The number of amides is 1. The highest BCUT2D eigenvalue weighted by molar-refractivity contribution is 6.62. The molecule has 1 aliphatic heterocycles. The molecule has 6 heteroatoms. The molecule has 3 rings (SSSR count). The maximum Gasteiger partial charge on any atom is 0.494 e. The van der Waals surface area contributed by atoms with Gasteiger partial charge < -0.3 is 19.8 Å². The summed E-state index contributed by atoms with van der Waals surface area (Å²) >= 11 is 0. The summed E-state index contributed by atoms with van der Waals surface area (Å²) in [5.74, 6) is 0.453. The number of rotatable bonds is 5. The van der Waals surface area contributed by atoms with Gasteiger partial charge in [-0.05, 0) is 58.1 Å². The molecule has 0 radical (unpaired) electrons. The lowest BCUT2D eigenvalue weighted by molar-refractivity contribution is -0.125. The van der Waals surface area contributed by atoms with E-state index < -0.39 is 30.3 Å². The number of ether oxygens (including phenoxy) is 1. The van der Waals surface area contributed by atoms with Crippen LogP contribution in [-0.4, -0.2) is 30.3 Å². The van der Waals surface area contributed by atoms with Crippen LogP contribution in [0.15, 0.2) is 24.3 Å². The molecule has 1 aromatic rings. The van der Waals surface area contributed by atoms with Gasteiger partial charge in [0.15, 0.2) is 6.10 Å². The second kappa shape index (κ2) is 5.53. The first-order valence-electron chi connectivity index (χ1n) is 8.11. The van der Waals surface area contributed by atoms with E-state index in [1.165, 1.54) is 0 Å². The Labute approximate surface area is 137 Å². The molecular formula is C17H24BNO4. The predicted octanol–water partition coefficient (Wildman–Crippen LogP) is 1.63. The highest BCUT2D eigenvalue weighted by Gasteiger charge is 2.51. The Bertz CT molecular complexity index is 596. The molecule has 0 bridgehead atoms. The highest BCUT2D eigenvalue weighted by Crippen LogP contribution is 2.37. The van der Waals surface area contributed by atoms with E-state index in [2.05, 4.69) is 0 Å². The van der Waals surface area contributed by atoms with E-state index in [1.54, 1.807) is 0 Å². The van der Waals surface area contributed by atoms with Crippen LogP contribution in [0.5, 0.6) is 5.75 Å². The molecule has 2 aliphatic rings. The van der Waals surface area contributed by atoms with Crippen LogP contribution in [0.4, 0.5) is 0 Å².